The van der Waals surface area contributed by atoms with Crippen LogP contribution in [0.25, 0.3) is 0 Å². The Bertz CT molecular complexity index is 541. The molecule has 0 aliphatic carbocycles. The first-order chi connectivity index (χ1) is 8.09. The molecule has 0 saturated carbocycles. The Hall–Kier alpha value is 0.230. The van der Waals surface area contributed by atoms with E-state index in [1.807, 2.05) is 36.4 Å². The van der Waals surface area contributed by atoms with E-state index in [0.717, 1.165) is 22.2 Å². The van der Waals surface area contributed by atoms with E-state index in [0.29, 0.717) is 5.75 Å². The van der Waals surface area contributed by atoms with E-state index in [2.05, 4.69) is 67.8 Å². The summed E-state index contributed by atoms with van der Waals surface area (Å²) in [5.74, 6) is 1.88. The summed E-state index contributed by atoms with van der Waals surface area (Å²) in [5, 5.41) is 9.80. The molecule has 2 rings (SSSR count). The monoisotopic (exact) mass is 564 g/mol. The molecule has 2 aromatic rings. The first-order valence-electron chi connectivity index (χ1n) is 4.69. The molecular weight excluding hydrogens is 557 g/mol. The molecule has 0 fully saturated rings. The Morgan fingerprint density at radius 1 is 0.941 bits per heavy atom. The Morgan fingerprint density at radius 2 is 1.59 bits per heavy atom. The molecule has 17 heavy (non-hydrogen) atoms. The molecule has 0 bridgehead atoms. The summed E-state index contributed by atoms with van der Waals surface area (Å²) in [4.78, 5) is 0. The fourth-order valence-corrected chi connectivity index (χ4v) is 3.40. The van der Waals surface area contributed by atoms with E-state index in [1.54, 1.807) is 0 Å². The quantitative estimate of drug-likeness (QED) is 0.412. The smallest absolute Gasteiger partial charge is 0.143 e. The third kappa shape index (κ3) is 3.16. The third-order valence-electron chi connectivity index (χ3n) is 2.07. The van der Waals surface area contributed by atoms with E-state index in [9.17, 15) is 5.11 Å². The van der Waals surface area contributed by atoms with Crippen LogP contribution >= 0.6 is 67.8 Å². The number of aromatic hydroxyl groups is 1. The summed E-state index contributed by atoms with van der Waals surface area (Å²) < 4.78 is 8.33. The number of halogens is 3. The molecule has 0 aliphatic heterocycles. The molecule has 0 spiro atoms. The van der Waals surface area contributed by atoms with Crippen LogP contribution in [-0.2, 0) is 0 Å². The Kier molecular flexibility index (Phi) is 4.75. The topological polar surface area (TPSA) is 29.5 Å². The van der Waals surface area contributed by atoms with Gasteiger partial charge in [-0.3, -0.25) is 0 Å². The maximum atomic E-state index is 9.80. The molecule has 0 radical (unpaired) electrons. The average molecular weight is 564 g/mol. The number of para-hydroxylation sites is 1. The molecule has 0 unspecified atom stereocenters. The highest BCUT2D eigenvalue weighted by molar-refractivity contribution is 14.1. The van der Waals surface area contributed by atoms with Gasteiger partial charge in [0.25, 0.3) is 0 Å². The van der Waals surface area contributed by atoms with Crippen LogP contribution in [-0.4, -0.2) is 5.11 Å². The normalized spacial score (nSPS) is 10.3. The maximum Gasteiger partial charge on any atom is 0.143 e. The van der Waals surface area contributed by atoms with E-state index >= 15 is 0 Å². The van der Waals surface area contributed by atoms with Crippen molar-refractivity contribution in [3.05, 3.63) is 47.1 Å². The van der Waals surface area contributed by atoms with Crippen LogP contribution in [0.4, 0.5) is 0 Å². The van der Waals surface area contributed by atoms with Crippen molar-refractivity contribution in [1.82, 2.24) is 0 Å². The van der Waals surface area contributed by atoms with Crippen LogP contribution in [0.5, 0.6) is 17.2 Å². The highest BCUT2D eigenvalue weighted by atomic mass is 127. The number of ether oxygens (including phenoxy) is 1. The number of hydrogen-bond acceptors (Lipinski definition) is 2. The first-order valence-corrected chi connectivity index (χ1v) is 7.92. The van der Waals surface area contributed by atoms with Gasteiger partial charge in [-0.25, -0.2) is 0 Å². The minimum absolute atomic E-state index is 0.316. The average Bonchev–Trinajstić information content (AvgIpc) is 2.35. The number of phenols is 1. The maximum absolute atomic E-state index is 9.80. The van der Waals surface area contributed by atoms with Crippen LogP contribution in [0, 0.1) is 10.7 Å². The van der Waals surface area contributed by atoms with Gasteiger partial charge in [-0.15, -0.1) is 0 Å². The van der Waals surface area contributed by atoms with Crippen LogP contribution in [0.1, 0.15) is 0 Å². The summed E-state index contributed by atoms with van der Waals surface area (Å²) >= 11 is 6.40. The second-order valence-corrected chi connectivity index (χ2v) is 6.57. The summed E-state index contributed by atoms with van der Waals surface area (Å²) in [6, 6.07) is 11.5. The van der Waals surface area contributed by atoms with Gasteiger partial charge in [-0.2, -0.15) is 0 Å². The highest BCUT2D eigenvalue weighted by Crippen LogP contribution is 2.38. The molecule has 2 aromatic carbocycles. The number of benzene rings is 2. The van der Waals surface area contributed by atoms with Crippen molar-refractivity contribution in [2.75, 3.05) is 0 Å². The molecule has 0 heterocycles. The Balaban J connectivity index is 2.41. The fourth-order valence-electron chi connectivity index (χ4n) is 1.25. The van der Waals surface area contributed by atoms with Crippen LogP contribution in [0.2, 0.25) is 0 Å². The molecule has 1 N–H and O–H groups in total. The third-order valence-corrected chi connectivity index (χ3v) is 6.05. The first kappa shape index (κ1) is 13.7. The van der Waals surface area contributed by atoms with Crippen molar-refractivity contribution in [3.63, 3.8) is 0 Å². The van der Waals surface area contributed by atoms with Crippen LogP contribution in [0.3, 0.4) is 0 Å². The van der Waals surface area contributed by atoms with Gasteiger partial charge < -0.3 is 9.84 Å². The van der Waals surface area contributed by atoms with Crippen molar-refractivity contribution in [3.8, 4) is 17.2 Å². The minimum atomic E-state index is 0.316. The van der Waals surface area contributed by atoms with E-state index in [4.69, 9.17) is 4.74 Å². The second kappa shape index (κ2) is 5.91. The Labute approximate surface area is 140 Å². The molecule has 0 saturated heterocycles. The van der Waals surface area contributed by atoms with Gasteiger partial charge in [0.15, 0.2) is 0 Å². The van der Waals surface area contributed by atoms with Crippen molar-refractivity contribution in [2.45, 2.75) is 0 Å². The van der Waals surface area contributed by atoms with E-state index < -0.39 is 0 Å². The zero-order valence-corrected chi connectivity index (χ0v) is 14.9. The molecule has 2 nitrogen and oxygen atoms in total. The van der Waals surface area contributed by atoms with Gasteiger partial charge in [0.1, 0.15) is 17.2 Å². The van der Waals surface area contributed by atoms with Gasteiger partial charge in [-0.1, -0.05) is 18.2 Å². The largest absolute Gasteiger partial charge is 0.506 e. The molecule has 0 aromatic heterocycles. The molecule has 88 valence electrons. The molecule has 0 atom stereocenters. The predicted molar refractivity (Wildman–Crippen MR) is 92.8 cm³/mol. The van der Waals surface area contributed by atoms with Crippen LogP contribution < -0.4 is 4.74 Å². The number of phenolic OH excluding ortho intramolecular Hbond substituents is 1. The lowest BCUT2D eigenvalue weighted by atomic mass is 10.3. The molecule has 5 heteroatoms. The standard InChI is InChI=1S/C12H7I3O2/c13-8-6-9(10(14)11(15)12(8)16)17-7-4-2-1-3-5-7/h1-6,16H. The van der Waals surface area contributed by atoms with Crippen molar-refractivity contribution in [1.29, 1.82) is 0 Å². The van der Waals surface area contributed by atoms with Gasteiger partial charge in [0.2, 0.25) is 0 Å². The lowest BCUT2D eigenvalue weighted by Gasteiger charge is -2.11. The number of rotatable bonds is 2. The van der Waals surface area contributed by atoms with E-state index in [-0.39, 0.29) is 0 Å². The summed E-state index contributed by atoms with van der Waals surface area (Å²) in [6.45, 7) is 0. The highest BCUT2D eigenvalue weighted by Gasteiger charge is 2.14. The SMILES string of the molecule is Oc1c(I)cc(Oc2ccccc2)c(I)c1I. The van der Waals surface area contributed by atoms with Gasteiger partial charge in [-0.05, 0) is 86.0 Å². The second-order valence-electron chi connectivity index (χ2n) is 3.25. The molecular formula is C12H7I3O2. The summed E-state index contributed by atoms with van der Waals surface area (Å²) in [6.07, 6.45) is 0. The Morgan fingerprint density at radius 3 is 2.24 bits per heavy atom. The fraction of sp³-hybridized carbons (Fsp3) is 0. The van der Waals surface area contributed by atoms with Gasteiger partial charge in [0.05, 0.1) is 10.7 Å². The van der Waals surface area contributed by atoms with Crippen molar-refractivity contribution in [2.24, 2.45) is 0 Å². The number of hydrogen-bond donors (Lipinski definition) is 1. The lowest BCUT2D eigenvalue weighted by Crippen LogP contribution is -1.92. The lowest BCUT2D eigenvalue weighted by molar-refractivity contribution is 0.454. The zero-order valence-electron chi connectivity index (χ0n) is 8.45. The summed E-state index contributed by atoms with van der Waals surface area (Å²) in [7, 11) is 0. The zero-order chi connectivity index (χ0) is 12.4. The summed E-state index contributed by atoms with van der Waals surface area (Å²) in [5.41, 5.74) is 0. The van der Waals surface area contributed by atoms with Crippen molar-refractivity contribution < 1.29 is 9.84 Å². The van der Waals surface area contributed by atoms with Gasteiger partial charge in [0, 0.05) is 0 Å². The molecule has 0 aliphatic rings. The van der Waals surface area contributed by atoms with Crippen LogP contribution in [0.15, 0.2) is 36.4 Å². The molecule has 0 amide bonds. The minimum Gasteiger partial charge on any atom is -0.506 e. The van der Waals surface area contributed by atoms with Gasteiger partial charge >= 0.3 is 0 Å². The van der Waals surface area contributed by atoms with E-state index in [1.165, 1.54) is 0 Å². The predicted octanol–water partition coefficient (Wildman–Crippen LogP) is 5.00. The van der Waals surface area contributed by atoms with Crippen molar-refractivity contribution >= 4 is 67.8 Å².